The fourth-order valence-electron chi connectivity index (χ4n) is 2.50. The Balaban J connectivity index is 1.76. The van der Waals surface area contributed by atoms with Gasteiger partial charge in [0.1, 0.15) is 0 Å². The first-order valence-corrected chi connectivity index (χ1v) is 7.91. The number of hydrogen-bond donors (Lipinski definition) is 3. The molecule has 0 radical (unpaired) electrons. The highest BCUT2D eigenvalue weighted by molar-refractivity contribution is 7.09. The van der Waals surface area contributed by atoms with Crippen molar-refractivity contribution in [3.8, 4) is 0 Å². The SMILES string of the molecule is O=C(NCCc1nc(C(F)(F)F)cs1)NC1(CO)CCCC1. The highest BCUT2D eigenvalue weighted by Gasteiger charge is 2.35. The number of carbonyl (C=O) groups excluding carboxylic acids is 1. The minimum atomic E-state index is -4.43. The van der Waals surface area contributed by atoms with E-state index in [1.54, 1.807) is 0 Å². The summed E-state index contributed by atoms with van der Waals surface area (Å²) >= 11 is 0.922. The van der Waals surface area contributed by atoms with Crippen LogP contribution in [0, 0.1) is 0 Å². The van der Waals surface area contributed by atoms with Crippen LogP contribution in [0.25, 0.3) is 0 Å². The van der Waals surface area contributed by atoms with E-state index in [-0.39, 0.29) is 19.6 Å². The normalized spacial score (nSPS) is 17.5. The molecule has 0 aromatic carbocycles. The van der Waals surface area contributed by atoms with Crippen molar-refractivity contribution in [2.24, 2.45) is 0 Å². The van der Waals surface area contributed by atoms with Gasteiger partial charge in [0.25, 0.3) is 0 Å². The van der Waals surface area contributed by atoms with Crippen LogP contribution >= 0.6 is 11.3 Å². The van der Waals surface area contributed by atoms with Crippen molar-refractivity contribution in [2.45, 2.75) is 43.8 Å². The molecule has 5 nitrogen and oxygen atoms in total. The van der Waals surface area contributed by atoms with E-state index in [4.69, 9.17) is 0 Å². The van der Waals surface area contributed by atoms with Gasteiger partial charge in [-0.2, -0.15) is 13.2 Å². The third kappa shape index (κ3) is 4.33. The molecule has 1 aliphatic rings. The second-order valence-electron chi connectivity index (χ2n) is 5.40. The van der Waals surface area contributed by atoms with Gasteiger partial charge in [-0.05, 0) is 12.8 Å². The molecule has 1 saturated carbocycles. The Morgan fingerprint density at radius 1 is 1.41 bits per heavy atom. The van der Waals surface area contributed by atoms with E-state index in [1.165, 1.54) is 0 Å². The fraction of sp³-hybridized carbons (Fsp3) is 0.692. The van der Waals surface area contributed by atoms with Crippen LogP contribution in [0.5, 0.6) is 0 Å². The van der Waals surface area contributed by atoms with Gasteiger partial charge < -0.3 is 15.7 Å². The lowest BCUT2D eigenvalue weighted by Crippen LogP contribution is -2.53. The number of aliphatic hydroxyl groups is 1. The molecule has 22 heavy (non-hydrogen) atoms. The number of carbonyl (C=O) groups is 1. The first-order chi connectivity index (χ1) is 10.3. The summed E-state index contributed by atoms with van der Waals surface area (Å²) in [6.45, 7) is 0.0833. The summed E-state index contributed by atoms with van der Waals surface area (Å²) in [4.78, 5) is 15.3. The van der Waals surface area contributed by atoms with Gasteiger partial charge in [0.05, 0.1) is 17.2 Å². The number of rotatable bonds is 5. The molecule has 1 fully saturated rings. The van der Waals surface area contributed by atoms with Gasteiger partial charge in [-0.3, -0.25) is 0 Å². The van der Waals surface area contributed by atoms with Gasteiger partial charge in [-0.15, -0.1) is 11.3 Å². The second-order valence-corrected chi connectivity index (χ2v) is 6.34. The maximum absolute atomic E-state index is 12.4. The van der Waals surface area contributed by atoms with E-state index < -0.39 is 23.4 Å². The molecular formula is C13H18F3N3O2S. The van der Waals surface area contributed by atoms with Crippen LogP contribution in [0.2, 0.25) is 0 Å². The summed E-state index contributed by atoms with van der Waals surface area (Å²) in [6, 6.07) is -0.413. The highest BCUT2D eigenvalue weighted by Crippen LogP contribution is 2.30. The Morgan fingerprint density at radius 2 is 2.09 bits per heavy atom. The summed E-state index contributed by atoms with van der Waals surface area (Å²) in [5, 5.41) is 16.0. The summed E-state index contributed by atoms with van der Waals surface area (Å²) in [5.74, 6) is 0. The molecule has 1 aromatic heterocycles. The molecule has 2 amide bonds. The summed E-state index contributed by atoms with van der Waals surface area (Å²) in [5.41, 5.74) is -1.46. The molecule has 1 heterocycles. The maximum atomic E-state index is 12.4. The van der Waals surface area contributed by atoms with Crippen LogP contribution < -0.4 is 10.6 Å². The smallest absolute Gasteiger partial charge is 0.394 e. The zero-order valence-corrected chi connectivity index (χ0v) is 12.7. The largest absolute Gasteiger partial charge is 0.434 e. The fourth-order valence-corrected chi connectivity index (χ4v) is 3.30. The average Bonchev–Trinajstić information content (AvgIpc) is 3.08. The van der Waals surface area contributed by atoms with Crippen molar-refractivity contribution in [3.05, 3.63) is 16.1 Å². The zero-order valence-electron chi connectivity index (χ0n) is 11.9. The molecule has 0 unspecified atom stereocenters. The maximum Gasteiger partial charge on any atom is 0.434 e. The van der Waals surface area contributed by atoms with Crippen molar-refractivity contribution < 1.29 is 23.1 Å². The van der Waals surface area contributed by atoms with Crippen molar-refractivity contribution in [3.63, 3.8) is 0 Å². The predicted octanol–water partition coefficient (Wildman–Crippen LogP) is 2.31. The van der Waals surface area contributed by atoms with Gasteiger partial charge in [-0.25, -0.2) is 9.78 Å². The first kappa shape index (κ1) is 17.0. The lowest BCUT2D eigenvalue weighted by atomic mass is 9.99. The quantitative estimate of drug-likeness (QED) is 0.772. The van der Waals surface area contributed by atoms with E-state index in [1.807, 2.05) is 0 Å². The van der Waals surface area contributed by atoms with Crippen molar-refractivity contribution in [2.75, 3.05) is 13.2 Å². The second kappa shape index (κ2) is 6.82. The zero-order chi connectivity index (χ0) is 16.2. The number of halogens is 3. The Bertz CT molecular complexity index is 513. The van der Waals surface area contributed by atoms with Crippen LogP contribution in [-0.2, 0) is 12.6 Å². The van der Waals surface area contributed by atoms with E-state index >= 15 is 0 Å². The van der Waals surface area contributed by atoms with Gasteiger partial charge >= 0.3 is 12.2 Å². The minimum absolute atomic E-state index is 0.109. The van der Waals surface area contributed by atoms with E-state index in [0.29, 0.717) is 5.01 Å². The molecule has 3 N–H and O–H groups in total. The van der Waals surface area contributed by atoms with Crippen molar-refractivity contribution in [1.82, 2.24) is 15.6 Å². The Hall–Kier alpha value is -1.35. The van der Waals surface area contributed by atoms with Crippen LogP contribution in [0.4, 0.5) is 18.0 Å². The predicted molar refractivity (Wildman–Crippen MR) is 75.6 cm³/mol. The topological polar surface area (TPSA) is 74.2 Å². The Kier molecular flexibility index (Phi) is 5.28. The lowest BCUT2D eigenvalue weighted by molar-refractivity contribution is -0.140. The third-order valence-electron chi connectivity index (χ3n) is 3.71. The summed E-state index contributed by atoms with van der Waals surface area (Å²) in [7, 11) is 0. The van der Waals surface area contributed by atoms with Crippen molar-refractivity contribution in [1.29, 1.82) is 0 Å². The van der Waals surface area contributed by atoms with E-state index in [9.17, 15) is 23.1 Å². The molecule has 1 aliphatic carbocycles. The molecular weight excluding hydrogens is 319 g/mol. The van der Waals surface area contributed by atoms with Gasteiger partial charge in [0.2, 0.25) is 0 Å². The van der Waals surface area contributed by atoms with Crippen molar-refractivity contribution >= 4 is 17.4 Å². The number of thiazole rings is 1. The molecule has 0 spiro atoms. The highest BCUT2D eigenvalue weighted by atomic mass is 32.1. The summed E-state index contributed by atoms with van der Waals surface area (Å²) < 4.78 is 37.2. The Morgan fingerprint density at radius 3 is 2.64 bits per heavy atom. The summed E-state index contributed by atoms with van der Waals surface area (Å²) in [6.07, 6.45) is -0.813. The van der Waals surface area contributed by atoms with Crippen LogP contribution in [-0.4, -0.2) is 34.8 Å². The van der Waals surface area contributed by atoms with E-state index in [0.717, 1.165) is 42.4 Å². The average molecular weight is 337 g/mol. The molecule has 124 valence electrons. The standard InChI is InChI=1S/C13H18F3N3O2S/c14-13(15,16)9-7-22-10(18-9)3-6-17-11(21)19-12(8-20)4-1-2-5-12/h7,20H,1-6,8H2,(H2,17,19,21). The number of urea groups is 1. The van der Waals surface area contributed by atoms with E-state index in [2.05, 4.69) is 15.6 Å². The first-order valence-electron chi connectivity index (χ1n) is 7.03. The third-order valence-corrected chi connectivity index (χ3v) is 4.62. The molecule has 9 heteroatoms. The number of nitrogens with zero attached hydrogens (tertiary/aromatic N) is 1. The molecule has 2 rings (SSSR count). The number of amides is 2. The van der Waals surface area contributed by atoms with Gasteiger partial charge in [0, 0.05) is 18.3 Å². The monoisotopic (exact) mass is 337 g/mol. The molecule has 0 bridgehead atoms. The Labute approximate surface area is 129 Å². The number of aliphatic hydroxyl groups excluding tert-OH is 1. The van der Waals surface area contributed by atoms with Crippen LogP contribution in [0.1, 0.15) is 36.4 Å². The minimum Gasteiger partial charge on any atom is -0.394 e. The molecule has 1 aromatic rings. The number of alkyl halides is 3. The number of aromatic nitrogens is 1. The number of hydrogen-bond acceptors (Lipinski definition) is 4. The molecule has 0 aliphatic heterocycles. The molecule has 0 saturated heterocycles. The lowest BCUT2D eigenvalue weighted by Gasteiger charge is -2.27. The van der Waals surface area contributed by atoms with Gasteiger partial charge in [-0.1, -0.05) is 12.8 Å². The van der Waals surface area contributed by atoms with Crippen LogP contribution in [0.15, 0.2) is 5.38 Å². The van der Waals surface area contributed by atoms with Crippen LogP contribution in [0.3, 0.4) is 0 Å². The number of nitrogens with one attached hydrogen (secondary N) is 2. The van der Waals surface area contributed by atoms with Gasteiger partial charge in [0.15, 0.2) is 5.69 Å². The molecule has 0 atom stereocenters.